The molecule has 0 radical (unpaired) electrons. The number of alkyl halides is 3. The molecule has 1 aromatic heterocycles. The van der Waals surface area contributed by atoms with Crippen LogP contribution in [0.2, 0.25) is 0 Å². The molecule has 3 N–H and O–H groups in total. The Labute approximate surface area is 266 Å². The van der Waals surface area contributed by atoms with Crippen molar-refractivity contribution in [1.29, 1.82) is 5.26 Å². The molecule has 12 heteroatoms. The highest BCUT2D eigenvalue weighted by Gasteiger charge is 2.50. The number of aromatic nitrogens is 1. The minimum Gasteiger partial charge on any atom is -0.477 e. The zero-order valence-electron chi connectivity index (χ0n) is 25.7. The van der Waals surface area contributed by atoms with E-state index >= 15 is 0 Å². The molecule has 0 unspecified atom stereocenters. The van der Waals surface area contributed by atoms with E-state index in [-0.39, 0.29) is 30.8 Å². The van der Waals surface area contributed by atoms with Crippen LogP contribution in [0.1, 0.15) is 41.7 Å². The molecule has 0 atom stereocenters. The van der Waals surface area contributed by atoms with Crippen LogP contribution in [0.15, 0.2) is 42.5 Å². The van der Waals surface area contributed by atoms with Gasteiger partial charge < -0.3 is 30.0 Å². The van der Waals surface area contributed by atoms with Crippen molar-refractivity contribution >= 4 is 28.2 Å². The van der Waals surface area contributed by atoms with Crippen molar-refractivity contribution in [2.45, 2.75) is 50.5 Å². The maximum Gasteiger partial charge on any atom is 0.406 e. The first-order valence-electron chi connectivity index (χ1n) is 15.5. The predicted octanol–water partition coefficient (Wildman–Crippen LogP) is 4.98. The smallest absolute Gasteiger partial charge is 0.406 e. The average Bonchev–Trinajstić information content (AvgIpc) is 3.34. The van der Waals surface area contributed by atoms with E-state index in [1.165, 1.54) is 17.7 Å². The molecule has 6 rings (SSSR count). The van der Waals surface area contributed by atoms with Crippen molar-refractivity contribution in [3.63, 3.8) is 0 Å². The summed E-state index contributed by atoms with van der Waals surface area (Å²) in [5, 5.41) is 18.9. The van der Waals surface area contributed by atoms with Gasteiger partial charge in [-0.05, 0) is 68.0 Å². The molecule has 3 heterocycles. The van der Waals surface area contributed by atoms with E-state index in [4.69, 9.17) is 14.7 Å². The molecular weight excluding hydrogens is 597 g/mol. The number of carbonyl (C=O) groups is 1. The number of hydrogen-bond acceptors (Lipinski definition) is 7. The molecule has 0 bridgehead atoms. The maximum absolute atomic E-state index is 13.7. The zero-order chi connectivity index (χ0) is 32.3. The third kappa shape index (κ3) is 6.88. The van der Waals surface area contributed by atoms with E-state index in [9.17, 15) is 18.0 Å². The fraction of sp³-hybridized carbons (Fsp3) is 0.471. The second-order valence-electron chi connectivity index (χ2n) is 12.4. The summed E-state index contributed by atoms with van der Waals surface area (Å²) in [7, 11) is 1.51. The Bertz CT molecular complexity index is 1680. The average molecular weight is 635 g/mol. The van der Waals surface area contributed by atoms with Crippen LogP contribution in [0.3, 0.4) is 0 Å². The van der Waals surface area contributed by atoms with E-state index in [1.54, 1.807) is 30.3 Å². The number of benzene rings is 2. The Morgan fingerprint density at radius 2 is 1.89 bits per heavy atom. The second kappa shape index (κ2) is 13.1. The normalized spacial score (nSPS) is 20.5. The SMILES string of the molecule is CNC(=O)c1ccc(NCC#Cc2cc3c(NC4CCC(N5CC6(COC6)C5)CC4)cccc3n2CC(F)(F)F)c(OCC#N)c1. The molecule has 3 fully saturated rings. The van der Waals surface area contributed by atoms with Gasteiger partial charge in [-0.15, -0.1) is 0 Å². The van der Waals surface area contributed by atoms with Crippen molar-refractivity contribution in [1.82, 2.24) is 14.8 Å². The summed E-state index contributed by atoms with van der Waals surface area (Å²) < 4.78 is 53.2. The van der Waals surface area contributed by atoms with E-state index in [0.717, 1.165) is 57.7 Å². The Kier molecular flexibility index (Phi) is 9.03. The van der Waals surface area contributed by atoms with Crippen molar-refractivity contribution in [3.8, 4) is 23.7 Å². The molecule has 242 valence electrons. The number of nitriles is 1. The molecule has 2 saturated heterocycles. The van der Waals surface area contributed by atoms with Crippen molar-refractivity contribution in [2.24, 2.45) is 5.41 Å². The Balaban J connectivity index is 1.16. The van der Waals surface area contributed by atoms with Gasteiger partial charge in [0, 0.05) is 54.3 Å². The third-order valence-electron chi connectivity index (χ3n) is 9.10. The number of anilines is 2. The molecule has 1 saturated carbocycles. The van der Waals surface area contributed by atoms with Crippen LogP contribution in [-0.2, 0) is 11.3 Å². The fourth-order valence-electron chi connectivity index (χ4n) is 6.77. The lowest BCUT2D eigenvalue weighted by Crippen LogP contribution is -2.68. The molecule has 46 heavy (non-hydrogen) atoms. The molecular formula is C34H37F3N6O3. The lowest BCUT2D eigenvalue weighted by Gasteiger charge is -2.58. The van der Waals surface area contributed by atoms with E-state index in [2.05, 4.69) is 32.7 Å². The van der Waals surface area contributed by atoms with Crippen LogP contribution in [0, 0.1) is 28.6 Å². The summed E-state index contributed by atoms with van der Waals surface area (Å²) in [5.74, 6) is 5.84. The lowest BCUT2D eigenvalue weighted by molar-refractivity contribution is -0.200. The molecule has 3 aliphatic rings. The summed E-state index contributed by atoms with van der Waals surface area (Å²) >= 11 is 0. The number of likely N-dealkylation sites (tertiary alicyclic amines) is 1. The largest absolute Gasteiger partial charge is 0.477 e. The first-order chi connectivity index (χ1) is 22.2. The Morgan fingerprint density at radius 3 is 2.57 bits per heavy atom. The van der Waals surface area contributed by atoms with Crippen LogP contribution in [0.25, 0.3) is 10.9 Å². The summed E-state index contributed by atoms with van der Waals surface area (Å²) in [4.78, 5) is 14.6. The number of amides is 1. The second-order valence-corrected chi connectivity index (χ2v) is 12.4. The van der Waals surface area contributed by atoms with Gasteiger partial charge in [-0.2, -0.15) is 18.4 Å². The Hall–Kier alpha value is -4.39. The minimum absolute atomic E-state index is 0.0925. The van der Waals surface area contributed by atoms with E-state index < -0.39 is 12.7 Å². The topological polar surface area (TPSA) is 104 Å². The number of nitrogens with zero attached hydrogens (tertiary/aromatic N) is 3. The van der Waals surface area contributed by atoms with Crippen LogP contribution in [0.4, 0.5) is 24.5 Å². The maximum atomic E-state index is 13.7. The highest BCUT2D eigenvalue weighted by Crippen LogP contribution is 2.41. The number of fused-ring (bicyclic) bond motifs is 1. The highest BCUT2D eigenvalue weighted by molar-refractivity contribution is 5.95. The van der Waals surface area contributed by atoms with Gasteiger partial charge in [0.2, 0.25) is 0 Å². The van der Waals surface area contributed by atoms with Crippen molar-refractivity contribution < 1.29 is 27.4 Å². The minimum atomic E-state index is -4.43. The number of halogens is 3. The fourth-order valence-corrected chi connectivity index (χ4v) is 6.77. The van der Waals surface area contributed by atoms with Gasteiger partial charge in [-0.1, -0.05) is 12.0 Å². The molecule has 1 aliphatic carbocycles. The molecule has 9 nitrogen and oxygen atoms in total. The number of ether oxygens (including phenoxy) is 2. The first-order valence-corrected chi connectivity index (χ1v) is 15.5. The zero-order valence-corrected chi connectivity index (χ0v) is 25.7. The van der Waals surface area contributed by atoms with Gasteiger partial charge >= 0.3 is 6.18 Å². The lowest BCUT2D eigenvalue weighted by atomic mass is 9.75. The third-order valence-corrected chi connectivity index (χ3v) is 9.10. The van der Waals surface area contributed by atoms with Gasteiger partial charge in [-0.3, -0.25) is 9.69 Å². The summed E-state index contributed by atoms with van der Waals surface area (Å²) in [6.07, 6.45) is -0.217. The van der Waals surface area contributed by atoms with Gasteiger partial charge in [0.1, 0.15) is 18.4 Å². The van der Waals surface area contributed by atoms with Crippen LogP contribution >= 0.6 is 0 Å². The van der Waals surface area contributed by atoms with Gasteiger partial charge in [0.15, 0.2) is 6.61 Å². The van der Waals surface area contributed by atoms with Gasteiger partial charge in [0.05, 0.1) is 36.7 Å². The summed E-state index contributed by atoms with van der Waals surface area (Å²) in [6, 6.07) is 14.6. The number of carbonyl (C=O) groups excluding carboxylic acids is 1. The highest BCUT2D eigenvalue weighted by atomic mass is 19.4. The van der Waals surface area contributed by atoms with Crippen molar-refractivity contribution in [3.05, 3.63) is 53.7 Å². The molecule has 3 aromatic rings. The monoisotopic (exact) mass is 634 g/mol. The van der Waals surface area contributed by atoms with Crippen LogP contribution < -0.4 is 20.7 Å². The predicted molar refractivity (Wildman–Crippen MR) is 169 cm³/mol. The Morgan fingerprint density at radius 1 is 1.11 bits per heavy atom. The van der Waals surface area contributed by atoms with E-state index in [1.807, 2.05) is 12.1 Å². The van der Waals surface area contributed by atoms with E-state index in [0.29, 0.717) is 39.4 Å². The number of rotatable bonds is 9. The van der Waals surface area contributed by atoms with Crippen LogP contribution in [-0.4, -0.2) is 80.1 Å². The molecule has 1 amide bonds. The van der Waals surface area contributed by atoms with Crippen molar-refractivity contribution in [2.75, 3.05) is 57.1 Å². The molecule has 1 spiro atoms. The van der Waals surface area contributed by atoms with Crippen LogP contribution in [0.5, 0.6) is 5.75 Å². The quantitative estimate of drug-likeness (QED) is 0.285. The molecule has 2 aliphatic heterocycles. The summed E-state index contributed by atoms with van der Waals surface area (Å²) in [6.45, 7) is 2.74. The van der Waals surface area contributed by atoms with Gasteiger partial charge in [-0.25, -0.2) is 0 Å². The van der Waals surface area contributed by atoms with Gasteiger partial charge in [0.25, 0.3) is 5.91 Å². The first kappa shape index (κ1) is 31.6. The number of nitrogens with one attached hydrogen (secondary N) is 3. The number of hydrogen-bond donors (Lipinski definition) is 3. The summed E-state index contributed by atoms with van der Waals surface area (Å²) in [5.41, 5.74) is 2.80. The standard InChI is InChI=1S/C34H37F3N6O3/c1-39-32(44)23-7-12-29(31(16-23)46-15-13-38)40-14-3-4-26-17-27-28(5-2-6-30(27)43(26)20-34(35,36)37)41-24-8-10-25(11-9-24)42-18-33(19-42)21-45-22-33/h2,5-7,12,16-17,24-25,40-41H,8-11,14-15,18-22H2,1H3,(H,39,44). The molecule has 2 aromatic carbocycles.